The van der Waals surface area contributed by atoms with Gasteiger partial charge in [-0.05, 0) is 31.2 Å². The Hall–Kier alpha value is -2.43. The summed E-state index contributed by atoms with van der Waals surface area (Å²) < 4.78 is 6.21. The van der Waals surface area contributed by atoms with Gasteiger partial charge in [0.1, 0.15) is 0 Å². The molecule has 1 aromatic carbocycles. The van der Waals surface area contributed by atoms with Crippen LogP contribution in [0.25, 0.3) is 5.69 Å². The molecular formula is C13H12N2O3. The van der Waals surface area contributed by atoms with Gasteiger partial charge >= 0.3 is 5.97 Å². The Morgan fingerprint density at radius 2 is 2.00 bits per heavy atom. The summed E-state index contributed by atoms with van der Waals surface area (Å²) in [7, 11) is 1.34. The first-order chi connectivity index (χ1) is 8.65. The van der Waals surface area contributed by atoms with E-state index in [1.54, 1.807) is 42.1 Å². The van der Waals surface area contributed by atoms with Gasteiger partial charge in [0.2, 0.25) is 0 Å². The smallest absolute Gasteiger partial charge is 0.337 e. The van der Waals surface area contributed by atoms with Crippen LogP contribution in [0.4, 0.5) is 0 Å². The SMILES string of the molecule is COC(=O)c1ccc(-n2cc(C=O)c(C)n2)cc1. The molecule has 0 amide bonds. The second-order valence-electron chi connectivity index (χ2n) is 3.77. The highest BCUT2D eigenvalue weighted by atomic mass is 16.5. The van der Waals surface area contributed by atoms with E-state index in [0.717, 1.165) is 12.0 Å². The average Bonchev–Trinajstić information content (AvgIpc) is 2.79. The largest absolute Gasteiger partial charge is 0.465 e. The molecule has 0 aliphatic carbocycles. The van der Waals surface area contributed by atoms with Gasteiger partial charge in [-0.2, -0.15) is 5.10 Å². The number of aromatic nitrogens is 2. The number of esters is 1. The first kappa shape index (κ1) is 12.0. The molecule has 0 bridgehead atoms. The molecule has 0 aliphatic rings. The fourth-order valence-electron chi connectivity index (χ4n) is 1.59. The van der Waals surface area contributed by atoms with E-state index in [9.17, 15) is 9.59 Å². The van der Waals surface area contributed by atoms with Crippen molar-refractivity contribution >= 4 is 12.3 Å². The molecular weight excluding hydrogens is 232 g/mol. The van der Waals surface area contributed by atoms with Crippen molar-refractivity contribution in [2.24, 2.45) is 0 Å². The summed E-state index contributed by atoms with van der Waals surface area (Å²) in [6.07, 6.45) is 2.41. The lowest BCUT2D eigenvalue weighted by atomic mass is 10.2. The number of rotatable bonds is 3. The van der Waals surface area contributed by atoms with Crippen LogP contribution in [0, 0.1) is 6.92 Å². The zero-order valence-corrected chi connectivity index (χ0v) is 10.1. The zero-order chi connectivity index (χ0) is 13.1. The van der Waals surface area contributed by atoms with Gasteiger partial charge in [-0.1, -0.05) is 0 Å². The Labute approximate surface area is 104 Å². The summed E-state index contributed by atoms with van der Waals surface area (Å²) in [6.45, 7) is 1.77. The van der Waals surface area contributed by atoms with E-state index in [1.807, 2.05) is 0 Å². The molecule has 0 atom stereocenters. The third-order valence-electron chi connectivity index (χ3n) is 2.62. The van der Waals surface area contributed by atoms with Crippen LogP contribution in [0.1, 0.15) is 26.4 Å². The quantitative estimate of drug-likeness (QED) is 0.610. The molecule has 0 fully saturated rings. The normalized spacial score (nSPS) is 10.1. The number of aryl methyl sites for hydroxylation is 1. The fourth-order valence-corrected chi connectivity index (χ4v) is 1.59. The minimum atomic E-state index is -0.383. The summed E-state index contributed by atoms with van der Waals surface area (Å²) in [5.41, 5.74) is 2.47. The minimum Gasteiger partial charge on any atom is -0.465 e. The lowest BCUT2D eigenvalue weighted by Gasteiger charge is -2.02. The highest BCUT2D eigenvalue weighted by molar-refractivity contribution is 5.89. The van der Waals surface area contributed by atoms with E-state index in [2.05, 4.69) is 9.84 Å². The maximum atomic E-state index is 11.3. The molecule has 0 N–H and O–H groups in total. The van der Waals surface area contributed by atoms with E-state index < -0.39 is 0 Å². The molecule has 1 aromatic heterocycles. The highest BCUT2D eigenvalue weighted by Gasteiger charge is 2.07. The molecule has 18 heavy (non-hydrogen) atoms. The first-order valence-electron chi connectivity index (χ1n) is 5.36. The lowest BCUT2D eigenvalue weighted by molar-refractivity contribution is 0.0600. The second-order valence-corrected chi connectivity index (χ2v) is 3.77. The maximum absolute atomic E-state index is 11.3. The van der Waals surface area contributed by atoms with Gasteiger partial charge in [0.15, 0.2) is 6.29 Å². The molecule has 2 aromatic rings. The summed E-state index contributed by atoms with van der Waals surface area (Å²) in [4.78, 5) is 22.0. The minimum absolute atomic E-state index is 0.383. The average molecular weight is 244 g/mol. The van der Waals surface area contributed by atoms with Gasteiger partial charge in [-0.3, -0.25) is 4.79 Å². The Morgan fingerprint density at radius 3 is 2.50 bits per heavy atom. The molecule has 5 nitrogen and oxygen atoms in total. The summed E-state index contributed by atoms with van der Waals surface area (Å²) in [6, 6.07) is 6.79. The molecule has 0 radical (unpaired) electrons. The number of hydrogen-bond acceptors (Lipinski definition) is 4. The molecule has 92 valence electrons. The van der Waals surface area contributed by atoms with Crippen LogP contribution in [0.3, 0.4) is 0 Å². The van der Waals surface area contributed by atoms with Crippen LogP contribution in [0.2, 0.25) is 0 Å². The van der Waals surface area contributed by atoms with Crippen LogP contribution in [0.15, 0.2) is 30.5 Å². The number of carbonyl (C=O) groups is 2. The Morgan fingerprint density at radius 1 is 1.33 bits per heavy atom. The topological polar surface area (TPSA) is 61.2 Å². The summed E-state index contributed by atoms with van der Waals surface area (Å²) in [5.74, 6) is -0.383. The van der Waals surface area contributed by atoms with Crippen molar-refractivity contribution in [3.8, 4) is 5.69 Å². The van der Waals surface area contributed by atoms with Crippen molar-refractivity contribution in [1.29, 1.82) is 0 Å². The fraction of sp³-hybridized carbons (Fsp3) is 0.154. The van der Waals surface area contributed by atoms with Crippen LogP contribution in [0.5, 0.6) is 0 Å². The predicted octanol–water partition coefficient (Wildman–Crippen LogP) is 1.78. The molecule has 0 aliphatic heterocycles. The molecule has 0 saturated carbocycles. The number of benzene rings is 1. The van der Waals surface area contributed by atoms with Crippen LogP contribution in [-0.4, -0.2) is 29.1 Å². The summed E-state index contributed by atoms with van der Waals surface area (Å²) in [5, 5.41) is 4.22. The van der Waals surface area contributed by atoms with E-state index in [1.165, 1.54) is 7.11 Å². The molecule has 5 heteroatoms. The number of hydrogen-bond donors (Lipinski definition) is 0. The molecule has 0 spiro atoms. The number of carbonyl (C=O) groups excluding carboxylic acids is 2. The molecule has 0 unspecified atom stereocenters. The predicted molar refractivity (Wildman–Crippen MR) is 65.0 cm³/mol. The number of ether oxygens (including phenoxy) is 1. The van der Waals surface area contributed by atoms with Crippen molar-refractivity contribution in [3.05, 3.63) is 47.3 Å². The van der Waals surface area contributed by atoms with Crippen LogP contribution < -0.4 is 0 Å². The molecule has 2 rings (SSSR count). The summed E-state index contributed by atoms with van der Waals surface area (Å²) >= 11 is 0. The Balaban J connectivity index is 2.33. The van der Waals surface area contributed by atoms with E-state index in [-0.39, 0.29) is 5.97 Å². The first-order valence-corrected chi connectivity index (χ1v) is 5.36. The maximum Gasteiger partial charge on any atom is 0.337 e. The Bertz CT molecular complexity index is 585. The highest BCUT2D eigenvalue weighted by Crippen LogP contribution is 2.12. The zero-order valence-electron chi connectivity index (χ0n) is 10.1. The second kappa shape index (κ2) is 4.83. The van der Waals surface area contributed by atoms with Gasteiger partial charge < -0.3 is 4.74 Å². The van der Waals surface area contributed by atoms with Gasteiger partial charge in [-0.15, -0.1) is 0 Å². The van der Waals surface area contributed by atoms with Crippen molar-refractivity contribution in [2.75, 3.05) is 7.11 Å². The molecule has 0 saturated heterocycles. The van der Waals surface area contributed by atoms with E-state index in [0.29, 0.717) is 16.8 Å². The van der Waals surface area contributed by atoms with Gasteiger partial charge in [0.05, 0.1) is 29.6 Å². The number of aldehydes is 1. The van der Waals surface area contributed by atoms with Gasteiger partial charge in [0, 0.05) is 6.20 Å². The van der Waals surface area contributed by atoms with Crippen LogP contribution in [-0.2, 0) is 4.74 Å². The van der Waals surface area contributed by atoms with Crippen molar-refractivity contribution < 1.29 is 14.3 Å². The van der Waals surface area contributed by atoms with E-state index >= 15 is 0 Å². The standard InChI is InChI=1S/C13H12N2O3/c1-9-11(8-16)7-15(14-9)12-5-3-10(4-6-12)13(17)18-2/h3-8H,1-2H3. The third kappa shape index (κ3) is 2.15. The monoisotopic (exact) mass is 244 g/mol. The van der Waals surface area contributed by atoms with Gasteiger partial charge in [-0.25, -0.2) is 9.48 Å². The van der Waals surface area contributed by atoms with Gasteiger partial charge in [0.25, 0.3) is 0 Å². The van der Waals surface area contributed by atoms with Crippen molar-refractivity contribution in [3.63, 3.8) is 0 Å². The molecule has 1 heterocycles. The van der Waals surface area contributed by atoms with Crippen molar-refractivity contribution in [2.45, 2.75) is 6.92 Å². The Kier molecular flexibility index (Phi) is 3.23. The lowest BCUT2D eigenvalue weighted by Crippen LogP contribution is -2.02. The van der Waals surface area contributed by atoms with E-state index in [4.69, 9.17) is 0 Å². The number of methoxy groups -OCH3 is 1. The third-order valence-corrected chi connectivity index (χ3v) is 2.62. The van der Waals surface area contributed by atoms with Crippen molar-refractivity contribution in [1.82, 2.24) is 9.78 Å². The van der Waals surface area contributed by atoms with Crippen LogP contribution >= 0.6 is 0 Å². The number of nitrogens with zero attached hydrogens (tertiary/aromatic N) is 2.